The first-order valence-electron chi connectivity index (χ1n) is 10.8. The van der Waals surface area contributed by atoms with E-state index in [-0.39, 0.29) is 45.3 Å². The summed E-state index contributed by atoms with van der Waals surface area (Å²) in [6.45, 7) is 0.0232. The number of phenols is 2. The molecule has 0 spiro atoms. The molecule has 0 fully saturated rings. The van der Waals surface area contributed by atoms with Crippen molar-refractivity contribution in [3.8, 4) is 40.1 Å². The second kappa shape index (κ2) is 11.5. The van der Waals surface area contributed by atoms with E-state index in [1.807, 2.05) is 0 Å². The number of ether oxygens (including phenoxy) is 4. The Bertz CT molecular complexity index is 1250. The molecule has 6 N–H and O–H groups in total. The molecule has 196 valence electrons. The molecule has 0 aliphatic rings. The Kier molecular flexibility index (Phi) is 8.61. The minimum Gasteiger partial charge on any atom is -0.504 e. The van der Waals surface area contributed by atoms with Gasteiger partial charge in [0.1, 0.15) is 34.7 Å². The fraction of sp³-hybridized carbons (Fsp3) is 0.375. The fourth-order valence-corrected chi connectivity index (χ4v) is 3.41. The number of aliphatic hydroxyl groups is 4. The Morgan fingerprint density at radius 3 is 2.25 bits per heavy atom. The number of aliphatic hydroxyl groups excluding tert-OH is 4. The molecule has 2 aromatic carbocycles. The van der Waals surface area contributed by atoms with Gasteiger partial charge >= 0.3 is 0 Å². The number of methoxy groups -OCH3 is 2. The highest BCUT2D eigenvalue weighted by molar-refractivity contribution is 5.88. The molecule has 0 aliphatic heterocycles. The van der Waals surface area contributed by atoms with E-state index in [0.29, 0.717) is 0 Å². The Morgan fingerprint density at radius 1 is 0.972 bits per heavy atom. The van der Waals surface area contributed by atoms with Gasteiger partial charge in [0.2, 0.25) is 17.5 Å². The molecule has 0 radical (unpaired) electrons. The molecule has 0 saturated carbocycles. The smallest absolute Gasteiger partial charge is 0.239 e. The van der Waals surface area contributed by atoms with Crippen LogP contribution in [0.25, 0.3) is 22.3 Å². The van der Waals surface area contributed by atoms with Crippen LogP contribution in [0.4, 0.5) is 0 Å². The van der Waals surface area contributed by atoms with Gasteiger partial charge in [-0.3, -0.25) is 4.79 Å². The Morgan fingerprint density at radius 2 is 1.69 bits per heavy atom. The molecule has 0 amide bonds. The van der Waals surface area contributed by atoms with Crippen LogP contribution in [0.5, 0.6) is 28.7 Å². The molecule has 0 bridgehead atoms. The van der Waals surface area contributed by atoms with E-state index in [2.05, 4.69) is 0 Å². The summed E-state index contributed by atoms with van der Waals surface area (Å²) in [5.74, 6) is -1.03. The number of phenolic OH excluding ortho intramolecular Hbond substituents is 2. The van der Waals surface area contributed by atoms with Crippen LogP contribution in [0.2, 0.25) is 0 Å². The molecule has 3 rings (SSSR count). The summed E-state index contributed by atoms with van der Waals surface area (Å²) in [6.07, 6.45) is -5.33. The third-order valence-corrected chi connectivity index (χ3v) is 5.33. The lowest BCUT2D eigenvalue weighted by Crippen LogP contribution is -2.43. The zero-order valence-electron chi connectivity index (χ0n) is 19.7. The van der Waals surface area contributed by atoms with Gasteiger partial charge in [-0.25, -0.2) is 0 Å². The molecule has 36 heavy (non-hydrogen) atoms. The van der Waals surface area contributed by atoms with Crippen LogP contribution in [0.15, 0.2) is 39.5 Å². The average Bonchev–Trinajstić information content (AvgIpc) is 2.86. The van der Waals surface area contributed by atoms with E-state index in [1.165, 1.54) is 51.5 Å². The molecule has 12 heteroatoms. The fourth-order valence-electron chi connectivity index (χ4n) is 3.41. The number of aromatic hydroxyl groups is 2. The van der Waals surface area contributed by atoms with Crippen molar-refractivity contribution in [3.05, 3.63) is 40.6 Å². The lowest BCUT2D eigenvalue weighted by molar-refractivity contribution is -0.205. The van der Waals surface area contributed by atoms with Gasteiger partial charge < -0.3 is 54.0 Å². The minimum absolute atomic E-state index is 0.00541. The molecule has 0 saturated heterocycles. The predicted octanol–water partition coefficient (Wildman–Crippen LogP) is 0.705. The summed E-state index contributed by atoms with van der Waals surface area (Å²) in [4.78, 5) is 13.3. The molecule has 4 atom stereocenters. The minimum atomic E-state index is -1.56. The van der Waals surface area contributed by atoms with Gasteiger partial charge in [0, 0.05) is 17.7 Å². The molecule has 12 nitrogen and oxygen atoms in total. The highest BCUT2D eigenvalue weighted by atomic mass is 16.7. The normalized spacial score (nSPS) is 14.8. The molecule has 1 heterocycles. The Balaban J connectivity index is 2.16. The quantitative estimate of drug-likeness (QED) is 0.157. The van der Waals surface area contributed by atoms with Crippen LogP contribution in [0.1, 0.15) is 6.92 Å². The van der Waals surface area contributed by atoms with Crippen LogP contribution >= 0.6 is 0 Å². The van der Waals surface area contributed by atoms with E-state index in [4.69, 9.17) is 23.4 Å². The van der Waals surface area contributed by atoms with Crippen LogP contribution < -0.4 is 19.6 Å². The van der Waals surface area contributed by atoms with Crippen molar-refractivity contribution in [2.45, 2.75) is 31.5 Å². The van der Waals surface area contributed by atoms with Crippen molar-refractivity contribution in [3.63, 3.8) is 0 Å². The highest BCUT2D eigenvalue weighted by Gasteiger charge is 2.29. The SMILES string of the molecule is COc1c(-c2ccc(O)c(O)c2)oc2cc(OC(OC(CO)C(C)O)C(O)CO)cc(OC)c2c1=O. The zero-order chi connectivity index (χ0) is 26.6. The lowest BCUT2D eigenvalue weighted by Gasteiger charge is -2.28. The van der Waals surface area contributed by atoms with Crippen molar-refractivity contribution in [2.75, 3.05) is 27.4 Å². The van der Waals surface area contributed by atoms with Crippen LogP contribution in [0, 0.1) is 0 Å². The average molecular weight is 508 g/mol. The van der Waals surface area contributed by atoms with E-state index in [1.54, 1.807) is 0 Å². The maximum Gasteiger partial charge on any atom is 0.239 e. The maximum absolute atomic E-state index is 13.3. The zero-order valence-corrected chi connectivity index (χ0v) is 19.7. The Labute approximate surface area is 205 Å². The number of fused-ring (bicyclic) bond motifs is 1. The third kappa shape index (κ3) is 5.48. The molecule has 1 aromatic heterocycles. The first-order chi connectivity index (χ1) is 17.1. The molecule has 4 unspecified atom stereocenters. The number of rotatable bonds is 11. The van der Waals surface area contributed by atoms with E-state index < -0.39 is 49.0 Å². The van der Waals surface area contributed by atoms with Gasteiger partial charge in [0.15, 0.2) is 17.3 Å². The van der Waals surface area contributed by atoms with Gasteiger partial charge in [-0.1, -0.05) is 0 Å². The van der Waals surface area contributed by atoms with Crippen LogP contribution in [-0.2, 0) is 4.74 Å². The first-order valence-corrected chi connectivity index (χ1v) is 10.8. The Hall–Kier alpha value is -3.55. The van der Waals surface area contributed by atoms with Crippen LogP contribution in [-0.4, -0.2) is 82.7 Å². The number of benzene rings is 2. The van der Waals surface area contributed by atoms with Gasteiger partial charge in [-0.05, 0) is 25.1 Å². The summed E-state index contributed by atoms with van der Waals surface area (Å²) in [5.41, 5.74) is -0.391. The highest BCUT2D eigenvalue weighted by Crippen LogP contribution is 2.38. The summed E-state index contributed by atoms with van der Waals surface area (Å²) in [5, 5.41) is 58.3. The van der Waals surface area contributed by atoms with Crippen molar-refractivity contribution in [2.24, 2.45) is 0 Å². The van der Waals surface area contributed by atoms with Gasteiger partial charge in [-0.15, -0.1) is 0 Å². The number of hydrogen-bond acceptors (Lipinski definition) is 12. The summed E-state index contributed by atoms with van der Waals surface area (Å²) in [7, 11) is 2.58. The molecular weight excluding hydrogens is 480 g/mol. The lowest BCUT2D eigenvalue weighted by atomic mass is 10.1. The van der Waals surface area contributed by atoms with E-state index in [0.717, 1.165) is 0 Å². The first kappa shape index (κ1) is 27.0. The summed E-state index contributed by atoms with van der Waals surface area (Å²) >= 11 is 0. The second-order valence-corrected chi connectivity index (χ2v) is 7.83. The van der Waals surface area contributed by atoms with Crippen molar-refractivity contribution in [1.29, 1.82) is 0 Å². The van der Waals surface area contributed by atoms with Crippen molar-refractivity contribution < 1.29 is 54.0 Å². The molecule has 0 aliphatic carbocycles. The summed E-state index contributed by atoms with van der Waals surface area (Å²) < 4.78 is 27.6. The number of hydrogen-bond donors (Lipinski definition) is 6. The molecular formula is C24H28O12. The van der Waals surface area contributed by atoms with Gasteiger partial charge in [-0.2, -0.15) is 0 Å². The standard InChI is InChI=1S/C24H28O12/c1-11(27)19(10-26)36-24(16(30)9-25)34-13-7-17(32-2)20-18(8-13)35-22(23(33-3)21(20)31)12-4-5-14(28)15(29)6-12/h4-8,11,16,19,24-30H,9-10H2,1-3H3. The molecule has 3 aromatic rings. The monoisotopic (exact) mass is 508 g/mol. The van der Waals surface area contributed by atoms with Crippen molar-refractivity contribution >= 4 is 11.0 Å². The van der Waals surface area contributed by atoms with E-state index in [9.17, 15) is 35.4 Å². The van der Waals surface area contributed by atoms with Crippen molar-refractivity contribution in [1.82, 2.24) is 0 Å². The summed E-state index contributed by atoms with van der Waals surface area (Å²) in [6, 6.07) is 6.44. The third-order valence-electron chi connectivity index (χ3n) is 5.33. The topological polar surface area (TPSA) is 189 Å². The van der Waals surface area contributed by atoms with E-state index >= 15 is 0 Å². The largest absolute Gasteiger partial charge is 0.504 e. The van der Waals surface area contributed by atoms with Crippen LogP contribution in [0.3, 0.4) is 0 Å². The maximum atomic E-state index is 13.3. The van der Waals surface area contributed by atoms with Gasteiger partial charge in [0.05, 0.1) is 33.5 Å². The predicted molar refractivity (Wildman–Crippen MR) is 126 cm³/mol. The second-order valence-electron chi connectivity index (χ2n) is 7.83. The van der Waals surface area contributed by atoms with Gasteiger partial charge in [0.25, 0.3) is 0 Å².